The molecule has 6 nitrogen and oxygen atoms in total. The minimum Gasteiger partial charge on any atom is -0.382 e. The predicted octanol–water partition coefficient (Wildman–Crippen LogP) is 0.138. The average Bonchev–Trinajstić information content (AvgIpc) is 2.49. The lowest BCUT2D eigenvalue weighted by molar-refractivity contribution is 0.100. The number of nitrogen functional groups attached to an aromatic ring is 1. The summed E-state index contributed by atoms with van der Waals surface area (Å²) >= 11 is 0. The Morgan fingerprint density at radius 3 is 2.92 bits per heavy atom. The second-order valence-electron chi connectivity index (χ2n) is 2.60. The molecule has 2 aromatic rings. The molecule has 3 N–H and O–H groups in total. The number of carbonyl (C=O) groups is 1. The summed E-state index contributed by atoms with van der Waals surface area (Å²) in [6.07, 6.45) is 1.31. The van der Waals surface area contributed by atoms with E-state index in [9.17, 15) is 4.79 Å². The van der Waals surface area contributed by atoms with Crippen molar-refractivity contribution in [2.45, 2.75) is 6.92 Å². The lowest BCUT2D eigenvalue weighted by Gasteiger charge is -1.89. The number of aromatic amines is 1. The Morgan fingerprint density at radius 2 is 2.31 bits per heavy atom. The Labute approximate surface area is 73.2 Å². The van der Waals surface area contributed by atoms with Crippen LogP contribution >= 0.6 is 0 Å². The standard InChI is InChI=1S/C7H7N5O/c1-3(13)6-11-4-5(8)9-2-10-7(4)12-6/h2H,1H3,(H3,8,9,10,11,12). The fourth-order valence-electron chi connectivity index (χ4n) is 1.01. The average molecular weight is 177 g/mol. The van der Waals surface area contributed by atoms with Crippen LogP contribution in [0.4, 0.5) is 5.82 Å². The SMILES string of the molecule is CC(=O)c1nc2ncnc(N)c2[nH]1. The third kappa shape index (κ3) is 1.12. The first-order valence-electron chi connectivity index (χ1n) is 3.65. The number of Topliss-reactive ketones (excluding diaryl/α,β-unsaturated/α-hetero) is 1. The number of fused-ring (bicyclic) bond motifs is 1. The van der Waals surface area contributed by atoms with Crippen LogP contribution in [0.25, 0.3) is 11.2 Å². The maximum absolute atomic E-state index is 10.9. The Bertz CT molecular complexity index is 475. The van der Waals surface area contributed by atoms with Crippen molar-refractivity contribution in [3.05, 3.63) is 12.2 Å². The molecule has 2 heterocycles. The highest BCUT2D eigenvalue weighted by molar-refractivity contribution is 5.94. The van der Waals surface area contributed by atoms with Crippen molar-refractivity contribution in [3.8, 4) is 0 Å². The maximum atomic E-state index is 10.9. The number of nitrogens with one attached hydrogen (secondary N) is 1. The van der Waals surface area contributed by atoms with Gasteiger partial charge < -0.3 is 10.7 Å². The van der Waals surface area contributed by atoms with Gasteiger partial charge in [-0.15, -0.1) is 0 Å². The number of hydrogen-bond donors (Lipinski definition) is 2. The fourth-order valence-corrected chi connectivity index (χ4v) is 1.01. The van der Waals surface area contributed by atoms with Crippen molar-refractivity contribution in [1.29, 1.82) is 0 Å². The number of anilines is 1. The van der Waals surface area contributed by atoms with E-state index in [2.05, 4.69) is 19.9 Å². The van der Waals surface area contributed by atoms with Crippen molar-refractivity contribution >= 4 is 22.8 Å². The highest BCUT2D eigenvalue weighted by Crippen LogP contribution is 2.12. The molecule has 6 heteroatoms. The zero-order valence-electron chi connectivity index (χ0n) is 6.90. The van der Waals surface area contributed by atoms with Gasteiger partial charge in [-0.2, -0.15) is 0 Å². The first-order chi connectivity index (χ1) is 6.18. The van der Waals surface area contributed by atoms with Crippen LogP contribution in [0.3, 0.4) is 0 Å². The molecule has 0 unspecified atom stereocenters. The Kier molecular flexibility index (Phi) is 1.48. The van der Waals surface area contributed by atoms with Gasteiger partial charge in [0.15, 0.2) is 23.1 Å². The smallest absolute Gasteiger partial charge is 0.195 e. The summed E-state index contributed by atoms with van der Waals surface area (Å²) in [4.78, 5) is 25.3. The second-order valence-corrected chi connectivity index (χ2v) is 2.60. The van der Waals surface area contributed by atoms with Crippen LogP contribution in [0.15, 0.2) is 6.33 Å². The van der Waals surface area contributed by atoms with Gasteiger partial charge in [0, 0.05) is 6.92 Å². The van der Waals surface area contributed by atoms with Gasteiger partial charge in [0.25, 0.3) is 0 Å². The molecule has 2 rings (SSSR count). The van der Waals surface area contributed by atoms with Gasteiger partial charge in [0.05, 0.1) is 0 Å². The van der Waals surface area contributed by atoms with Gasteiger partial charge in [-0.3, -0.25) is 4.79 Å². The van der Waals surface area contributed by atoms with Gasteiger partial charge in [0.1, 0.15) is 11.8 Å². The van der Waals surface area contributed by atoms with E-state index in [1.54, 1.807) is 0 Å². The van der Waals surface area contributed by atoms with Gasteiger partial charge in [-0.25, -0.2) is 15.0 Å². The summed E-state index contributed by atoms with van der Waals surface area (Å²) in [5, 5.41) is 0. The topological polar surface area (TPSA) is 97.6 Å². The van der Waals surface area contributed by atoms with E-state index in [-0.39, 0.29) is 11.6 Å². The number of rotatable bonds is 1. The van der Waals surface area contributed by atoms with Crippen LogP contribution < -0.4 is 5.73 Å². The van der Waals surface area contributed by atoms with Gasteiger partial charge in [0.2, 0.25) is 0 Å². The molecule has 0 aliphatic heterocycles. The third-order valence-electron chi connectivity index (χ3n) is 1.65. The number of H-pyrrole nitrogens is 1. The van der Waals surface area contributed by atoms with E-state index in [1.807, 2.05) is 0 Å². The molecule has 0 spiro atoms. The lowest BCUT2D eigenvalue weighted by atomic mass is 10.4. The number of nitrogens with zero attached hydrogens (tertiary/aromatic N) is 3. The minimum atomic E-state index is -0.155. The van der Waals surface area contributed by atoms with Crippen molar-refractivity contribution < 1.29 is 4.79 Å². The largest absolute Gasteiger partial charge is 0.382 e. The summed E-state index contributed by atoms with van der Waals surface area (Å²) in [5.41, 5.74) is 6.46. The molecule has 0 aliphatic carbocycles. The minimum absolute atomic E-state index is 0.155. The van der Waals surface area contributed by atoms with Crippen molar-refractivity contribution in [2.75, 3.05) is 5.73 Å². The van der Waals surface area contributed by atoms with Crippen molar-refractivity contribution in [1.82, 2.24) is 19.9 Å². The molecular formula is C7H7N5O. The van der Waals surface area contributed by atoms with Crippen LogP contribution in [0.1, 0.15) is 17.5 Å². The molecule has 0 saturated carbocycles. The molecule has 0 bridgehead atoms. The molecule has 0 atom stereocenters. The summed E-state index contributed by atoms with van der Waals surface area (Å²) in [7, 11) is 0. The van der Waals surface area contributed by atoms with E-state index in [1.165, 1.54) is 13.3 Å². The normalized spacial score (nSPS) is 10.5. The highest BCUT2D eigenvalue weighted by atomic mass is 16.1. The van der Waals surface area contributed by atoms with E-state index >= 15 is 0 Å². The van der Waals surface area contributed by atoms with Crippen molar-refractivity contribution in [2.24, 2.45) is 0 Å². The molecule has 0 aliphatic rings. The molecule has 66 valence electrons. The van der Waals surface area contributed by atoms with E-state index in [0.29, 0.717) is 17.0 Å². The Balaban J connectivity index is 2.75. The van der Waals surface area contributed by atoms with E-state index in [0.717, 1.165) is 0 Å². The second kappa shape index (κ2) is 2.51. The Hall–Kier alpha value is -1.98. The number of carbonyl (C=O) groups excluding carboxylic acids is 1. The first kappa shape index (κ1) is 7.66. The predicted molar refractivity (Wildman–Crippen MR) is 46.1 cm³/mol. The zero-order chi connectivity index (χ0) is 9.42. The van der Waals surface area contributed by atoms with Crippen LogP contribution in [0.5, 0.6) is 0 Å². The van der Waals surface area contributed by atoms with E-state index in [4.69, 9.17) is 5.73 Å². The molecule has 0 amide bonds. The Morgan fingerprint density at radius 1 is 1.54 bits per heavy atom. The number of hydrogen-bond acceptors (Lipinski definition) is 5. The number of aromatic nitrogens is 4. The highest BCUT2D eigenvalue weighted by Gasteiger charge is 2.09. The number of imidazole rings is 1. The number of nitrogens with two attached hydrogens (primary N) is 1. The van der Waals surface area contributed by atoms with Gasteiger partial charge in [-0.05, 0) is 0 Å². The van der Waals surface area contributed by atoms with E-state index < -0.39 is 0 Å². The maximum Gasteiger partial charge on any atom is 0.195 e. The molecule has 2 aromatic heterocycles. The molecule has 0 fully saturated rings. The van der Waals surface area contributed by atoms with Crippen molar-refractivity contribution in [3.63, 3.8) is 0 Å². The molecule has 0 saturated heterocycles. The summed E-state index contributed by atoms with van der Waals surface area (Å²) in [6, 6.07) is 0. The molecule has 0 radical (unpaired) electrons. The van der Waals surface area contributed by atoms with Crippen LogP contribution in [0.2, 0.25) is 0 Å². The zero-order valence-corrected chi connectivity index (χ0v) is 6.90. The molecule has 0 aromatic carbocycles. The van der Waals surface area contributed by atoms with Gasteiger partial charge in [-0.1, -0.05) is 0 Å². The lowest BCUT2D eigenvalue weighted by Crippen LogP contribution is -1.94. The quantitative estimate of drug-likeness (QED) is 0.603. The van der Waals surface area contributed by atoms with Gasteiger partial charge >= 0.3 is 0 Å². The number of ketones is 1. The monoisotopic (exact) mass is 177 g/mol. The summed E-state index contributed by atoms with van der Waals surface area (Å²) in [5.74, 6) is 0.393. The fraction of sp³-hybridized carbons (Fsp3) is 0.143. The third-order valence-corrected chi connectivity index (χ3v) is 1.65. The summed E-state index contributed by atoms with van der Waals surface area (Å²) < 4.78 is 0. The van der Waals surface area contributed by atoms with Crippen LogP contribution in [-0.4, -0.2) is 25.7 Å². The summed E-state index contributed by atoms with van der Waals surface area (Å²) in [6.45, 7) is 1.42. The van der Waals surface area contributed by atoms with Crippen LogP contribution in [-0.2, 0) is 0 Å². The van der Waals surface area contributed by atoms with Crippen LogP contribution in [0, 0.1) is 0 Å². The first-order valence-corrected chi connectivity index (χ1v) is 3.65. The molecular weight excluding hydrogens is 170 g/mol. The molecule has 13 heavy (non-hydrogen) atoms.